The maximum atomic E-state index is 12.6. The van der Waals surface area contributed by atoms with E-state index >= 15 is 0 Å². The van der Waals surface area contributed by atoms with Gasteiger partial charge in [-0.3, -0.25) is 4.79 Å². The molecule has 0 bridgehead atoms. The Labute approximate surface area is 120 Å². The molecule has 1 aromatic heterocycles. The topological polar surface area (TPSA) is 71.2 Å². The molecule has 20 heavy (non-hydrogen) atoms. The zero-order valence-corrected chi connectivity index (χ0v) is 12.7. The smallest absolute Gasteiger partial charge is 0.254 e. The summed E-state index contributed by atoms with van der Waals surface area (Å²) < 4.78 is 0. The van der Waals surface area contributed by atoms with Gasteiger partial charge in [0.25, 0.3) is 5.91 Å². The van der Waals surface area contributed by atoms with E-state index in [1.54, 1.807) is 6.07 Å². The summed E-state index contributed by atoms with van der Waals surface area (Å²) in [6, 6.07) is 3.60. The van der Waals surface area contributed by atoms with Crippen molar-refractivity contribution < 1.29 is 4.79 Å². The third-order valence-electron chi connectivity index (χ3n) is 3.70. The number of aromatic nitrogens is 1. The van der Waals surface area contributed by atoms with E-state index in [2.05, 4.69) is 38.1 Å². The number of hydrazine groups is 1. The summed E-state index contributed by atoms with van der Waals surface area (Å²) in [5.41, 5.74) is 3.95. The molecular weight excluding hydrogens is 252 g/mol. The average molecular weight is 276 g/mol. The Bertz CT molecular complexity index is 507. The van der Waals surface area contributed by atoms with Gasteiger partial charge in [-0.1, -0.05) is 27.7 Å². The minimum atomic E-state index is -0.125. The van der Waals surface area contributed by atoms with Crippen LogP contribution >= 0.6 is 0 Å². The van der Waals surface area contributed by atoms with Crippen molar-refractivity contribution in [2.45, 2.75) is 39.5 Å². The van der Waals surface area contributed by atoms with Crippen LogP contribution in [0, 0.1) is 5.92 Å². The van der Waals surface area contributed by atoms with Gasteiger partial charge in [0.1, 0.15) is 5.82 Å². The Morgan fingerprint density at radius 3 is 2.65 bits per heavy atom. The van der Waals surface area contributed by atoms with Gasteiger partial charge < -0.3 is 10.3 Å². The van der Waals surface area contributed by atoms with E-state index in [0.29, 0.717) is 17.3 Å². The van der Waals surface area contributed by atoms with Crippen molar-refractivity contribution in [2.24, 2.45) is 11.8 Å². The highest BCUT2D eigenvalue weighted by molar-refractivity contribution is 5.95. The number of nitrogens with one attached hydrogen (secondary N) is 1. The quantitative estimate of drug-likeness (QED) is 0.641. The zero-order chi connectivity index (χ0) is 14.9. The van der Waals surface area contributed by atoms with Gasteiger partial charge >= 0.3 is 0 Å². The highest BCUT2D eigenvalue weighted by Gasteiger charge is 2.26. The summed E-state index contributed by atoms with van der Waals surface area (Å²) in [5.74, 6) is 6.65. The molecule has 1 amide bonds. The Balaban J connectivity index is 2.33. The van der Waals surface area contributed by atoms with E-state index in [0.717, 1.165) is 25.2 Å². The second-order valence-corrected chi connectivity index (χ2v) is 6.67. The van der Waals surface area contributed by atoms with Crippen molar-refractivity contribution in [1.82, 2.24) is 9.88 Å². The summed E-state index contributed by atoms with van der Waals surface area (Å²) in [6.45, 7) is 10.1. The number of carbonyl (C=O) groups excluding carboxylic acids is 1. The van der Waals surface area contributed by atoms with Crippen molar-refractivity contribution in [2.75, 3.05) is 18.5 Å². The largest absolute Gasteiger partial charge is 0.338 e. The Morgan fingerprint density at radius 1 is 1.45 bits per heavy atom. The van der Waals surface area contributed by atoms with Crippen molar-refractivity contribution in [3.63, 3.8) is 0 Å². The number of nitrogen functional groups attached to an aromatic ring is 1. The molecule has 2 heterocycles. The third kappa shape index (κ3) is 3.10. The monoisotopic (exact) mass is 276 g/mol. The van der Waals surface area contributed by atoms with Gasteiger partial charge in [-0.25, -0.2) is 10.8 Å². The lowest BCUT2D eigenvalue weighted by atomic mass is 9.90. The maximum Gasteiger partial charge on any atom is 0.254 e. The number of likely N-dealkylation sites (tertiary alicyclic amines) is 1. The molecule has 5 nitrogen and oxygen atoms in total. The molecule has 110 valence electrons. The first-order valence-electron chi connectivity index (χ1n) is 7.09. The minimum absolute atomic E-state index is 0.0683. The summed E-state index contributed by atoms with van der Waals surface area (Å²) in [5, 5.41) is 0. The summed E-state index contributed by atoms with van der Waals surface area (Å²) in [4.78, 5) is 18.9. The molecule has 0 aromatic carbocycles. The van der Waals surface area contributed by atoms with Crippen LogP contribution in [0.15, 0.2) is 12.1 Å². The molecule has 0 aliphatic carbocycles. The van der Waals surface area contributed by atoms with Gasteiger partial charge in [0.2, 0.25) is 0 Å². The molecule has 1 aromatic rings. The Morgan fingerprint density at radius 2 is 2.15 bits per heavy atom. The average Bonchev–Trinajstić information content (AvgIpc) is 2.83. The number of anilines is 1. The second kappa shape index (κ2) is 5.40. The van der Waals surface area contributed by atoms with Crippen molar-refractivity contribution in [3.05, 3.63) is 23.4 Å². The first kappa shape index (κ1) is 14.8. The lowest BCUT2D eigenvalue weighted by Gasteiger charge is -2.21. The number of hydrogen-bond acceptors (Lipinski definition) is 4. The molecule has 0 spiro atoms. The molecule has 0 radical (unpaired) electrons. The van der Waals surface area contributed by atoms with Crippen LogP contribution in [-0.2, 0) is 5.41 Å². The molecule has 1 atom stereocenters. The summed E-state index contributed by atoms with van der Waals surface area (Å²) in [7, 11) is 0. The van der Waals surface area contributed by atoms with E-state index < -0.39 is 0 Å². The fourth-order valence-electron chi connectivity index (χ4n) is 2.41. The van der Waals surface area contributed by atoms with Crippen LogP contribution in [0.25, 0.3) is 0 Å². The number of hydrogen-bond donors (Lipinski definition) is 2. The van der Waals surface area contributed by atoms with Crippen LogP contribution in [0.1, 0.15) is 50.2 Å². The van der Waals surface area contributed by atoms with E-state index in [-0.39, 0.29) is 11.3 Å². The first-order valence-corrected chi connectivity index (χ1v) is 7.09. The lowest BCUT2D eigenvalue weighted by molar-refractivity contribution is 0.0788. The van der Waals surface area contributed by atoms with E-state index in [1.807, 2.05) is 11.0 Å². The molecule has 1 unspecified atom stereocenters. The van der Waals surface area contributed by atoms with Crippen molar-refractivity contribution >= 4 is 11.7 Å². The highest BCUT2D eigenvalue weighted by Crippen LogP contribution is 2.25. The summed E-state index contributed by atoms with van der Waals surface area (Å²) >= 11 is 0. The highest BCUT2D eigenvalue weighted by atomic mass is 16.2. The Kier molecular flexibility index (Phi) is 3.99. The number of nitrogens with two attached hydrogens (primary N) is 1. The molecule has 1 fully saturated rings. The fraction of sp³-hybridized carbons (Fsp3) is 0.600. The molecule has 5 heteroatoms. The lowest BCUT2D eigenvalue weighted by Crippen LogP contribution is -2.29. The van der Waals surface area contributed by atoms with Crippen LogP contribution < -0.4 is 11.3 Å². The van der Waals surface area contributed by atoms with Gasteiger partial charge in [0.05, 0.1) is 0 Å². The SMILES string of the molecule is CC1CCN(C(=O)c2cc(NN)nc(C(C)(C)C)c2)C1. The predicted molar refractivity (Wildman–Crippen MR) is 80.4 cm³/mol. The molecule has 3 N–H and O–H groups in total. The first-order chi connectivity index (χ1) is 9.31. The normalized spacial score (nSPS) is 19.2. The maximum absolute atomic E-state index is 12.6. The molecule has 1 aliphatic heterocycles. The van der Waals surface area contributed by atoms with Crippen LogP contribution in [0.3, 0.4) is 0 Å². The van der Waals surface area contributed by atoms with Gasteiger partial charge in [-0.2, -0.15) is 0 Å². The van der Waals surface area contributed by atoms with E-state index in [4.69, 9.17) is 5.84 Å². The van der Waals surface area contributed by atoms with Crippen LogP contribution in [0.5, 0.6) is 0 Å². The molecule has 1 saturated heterocycles. The third-order valence-corrected chi connectivity index (χ3v) is 3.70. The zero-order valence-electron chi connectivity index (χ0n) is 12.7. The summed E-state index contributed by atoms with van der Waals surface area (Å²) in [6.07, 6.45) is 1.07. The van der Waals surface area contributed by atoms with Crippen molar-refractivity contribution in [3.8, 4) is 0 Å². The number of pyridine rings is 1. The number of carbonyl (C=O) groups is 1. The minimum Gasteiger partial charge on any atom is -0.338 e. The molecular formula is C15H24N4O. The van der Waals surface area contributed by atoms with Gasteiger partial charge in [0.15, 0.2) is 0 Å². The van der Waals surface area contributed by atoms with Crippen LogP contribution in [0.4, 0.5) is 5.82 Å². The standard InChI is InChI=1S/C15H24N4O/c1-10-5-6-19(9-10)14(20)11-7-12(15(2,3)4)17-13(8-11)18-16/h7-8,10H,5-6,9,16H2,1-4H3,(H,17,18). The van der Waals surface area contributed by atoms with Crippen LogP contribution in [-0.4, -0.2) is 28.9 Å². The molecule has 1 aliphatic rings. The van der Waals surface area contributed by atoms with Gasteiger partial charge in [-0.05, 0) is 24.5 Å². The van der Waals surface area contributed by atoms with E-state index in [9.17, 15) is 4.79 Å². The number of amides is 1. The number of nitrogens with zero attached hydrogens (tertiary/aromatic N) is 2. The predicted octanol–water partition coefficient (Wildman–Crippen LogP) is 2.15. The Hall–Kier alpha value is -1.62. The van der Waals surface area contributed by atoms with Gasteiger partial charge in [0, 0.05) is 29.8 Å². The number of rotatable bonds is 2. The van der Waals surface area contributed by atoms with Crippen LogP contribution in [0.2, 0.25) is 0 Å². The molecule has 0 saturated carbocycles. The molecule has 2 rings (SSSR count). The van der Waals surface area contributed by atoms with Gasteiger partial charge in [-0.15, -0.1) is 0 Å². The second-order valence-electron chi connectivity index (χ2n) is 6.67. The van der Waals surface area contributed by atoms with Crippen molar-refractivity contribution in [1.29, 1.82) is 0 Å². The van der Waals surface area contributed by atoms with E-state index in [1.165, 1.54) is 0 Å². The fourth-order valence-corrected chi connectivity index (χ4v) is 2.41.